The number of nitrogens with zero attached hydrogens (tertiary/aromatic N) is 2. The molecule has 2 N–H and O–H groups in total. The molecular weight excluding hydrogens is 226 g/mol. The van der Waals surface area contributed by atoms with Crippen molar-refractivity contribution in [2.75, 3.05) is 0 Å². The van der Waals surface area contributed by atoms with E-state index in [-0.39, 0.29) is 17.7 Å². The molecule has 0 radical (unpaired) electrons. The van der Waals surface area contributed by atoms with E-state index in [1.165, 1.54) is 6.42 Å². The third-order valence-corrected chi connectivity index (χ3v) is 3.81. The first-order valence-corrected chi connectivity index (χ1v) is 7.05. The molecule has 0 spiro atoms. The van der Waals surface area contributed by atoms with Gasteiger partial charge >= 0.3 is 0 Å². The minimum absolute atomic E-state index is 0.0141. The smallest absolute Gasteiger partial charge is 0.185 e. The molecule has 2 unspecified atom stereocenters. The van der Waals surface area contributed by atoms with Crippen LogP contribution in [0.5, 0.6) is 0 Å². The van der Waals surface area contributed by atoms with Crippen molar-refractivity contribution < 1.29 is 4.79 Å². The summed E-state index contributed by atoms with van der Waals surface area (Å²) in [7, 11) is 0. The molecular formula is C14H23N3O. The number of aromatic nitrogens is 2. The normalized spacial score (nSPS) is 24.8. The first-order chi connectivity index (χ1) is 8.74. The third kappa shape index (κ3) is 2.80. The molecule has 100 valence electrons. The van der Waals surface area contributed by atoms with Crippen LogP contribution in [-0.4, -0.2) is 21.6 Å². The van der Waals surface area contributed by atoms with Crippen LogP contribution in [0.1, 0.15) is 55.9 Å². The maximum Gasteiger partial charge on any atom is 0.185 e. The summed E-state index contributed by atoms with van der Waals surface area (Å²) in [6.07, 6.45) is 8.07. The molecule has 1 aliphatic rings. The third-order valence-electron chi connectivity index (χ3n) is 3.81. The number of hydrogen-bond donors (Lipinski definition) is 1. The number of nitrogens with two attached hydrogens (primary N) is 1. The summed E-state index contributed by atoms with van der Waals surface area (Å²) in [6, 6.07) is 1.85. The van der Waals surface area contributed by atoms with Gasteiger partial charge in [0.25, 0.3) is 0 Å². The van der Waals surface area contributed by atoms with Crippen LogP contribution in [0.4, 0.5) is 0 Å². The van der Waals surface area contributed by atoms with Gasteiger partial charge in [0, 0.05) is 24.7 Å². The molecule has 0 aliphatic heterocycles. The maximum atomic E-state index is 12.6. The van der Waals surface area contributed by atoms with Crippen LogP contribution in [-0.2, 0) is 6.54 Å². The van der Waals surface area contributed by atoms with Gasteiger partial charge in [0.15, 0.2) is 5.78 Å². The second-order valence-electron chi connectivity index (χ2n) is 5.21. The fourth-order valence-electron chi connectivity index (χ4n) is 2.78. The monoisotopic (exact) mass is 249 g/mol. The quantitative estimate of drug-likeness (QED) is 0.658. The zero-order valence-corrected chi connectivity index (χ0v) is 11.1. The zero-order valence-electron chi connectivity index (χ0n) is 11.1. The highest BCUT2D eigenvalue weighted by Crippen LogP contribution is 2.25. The van der Waals surface area contributed by atoms with Gasteiger partial charge in [-0.1, -0.05) is 26.2 Å². The second kappa shape index (κ2) is 6.14. The summed E-state index contributed by atoms with van der Waals surface area (Å²) in [4.78, 5) is 12.6. The van der Waals surface area contributed by atoms with E-state index in [4.69, 9.17) is 5.73 Å². The lowest BCUT2D eigenvalue weighted by Gasteiger charge is -2.20. The van der Waals surface area contributed by atoms with E-state index < -0.39 is 0 Å². The van der Waals surface area contributed by atoms with E-state index in [1.807, 2.05) is 10.7 Å². The number of rotatable bonds is 4. The molecule has 0 amide bonds. The van der Waals surface area contributed by atoms with E-state index in [0.29, 0.717) is 0 Å². The van der Waals surface area contributed by atoms with Crippen LogP contribution in [0.25, 0.3) is 0 Å². The van der Waals surface area contributed by atoms with Crippen LogP contribution in [0.2, 0.25) is 0 Å². The van der Waals surface area contributed by atoms with Crippen LogP contribution in [0.15, 0.2) is 12.3 Å². The van der Waals surface area contributed by atoms with E-state index >= 15 is 0 Å². The minimum atomic E-state index is -0.0141. The van der Waals surface area contributed by atoms with Gasteiger partial charge in [0.1, 0.15) is 5.69 Å². The van der Waals surface area contributed by atoms with Crippen molar-refractivity contribution in [2.45, 2.75) is 58.0 Å². The fourth-order valence-corrected chi connectivity index (χ4v) is 2.78. The first-order valence-electron chi connectivity index (χ1n) is 7.05. The Morgan fingerprint density at radius 2 is 2.22 bits per heavy atom. The lowest BCUT2D eigenvalue weighted by atomic mass is 9.89. The first kappa shape index (κ1) is 13.3. The Bertz CT molecular complexity index is 399. The van der Waals surface area contributed by atoms with Gasteiger partial charge in [-0.3, -0.25) is 9.48 Å². The molecule has 0 saturated heterocycles. The highest BCUT2D eigenvalue weighted by molar-refractivity contribution is 5.96. The average Bonchev–Trinajstić information content (AvgIpc) is 2.71. The molecule has 1 fully saturated rings. The van der Waals surface area contributed by atoms with Crippen LogP contribution >= 0.6 is 0 Å². The molecule has 0 aromatic carbocycles. The molecule has 0 bridgehead atoms. The van der Waals surface area contributed by atoms with Gasteiger partial charge < -0.3 is 5.73 Å². The topological polar surface area (TPSA) is 60.9 Å². The fraction of sp³-hybridized carbons (Fsp3) is 0.714. The van der Waals surface area contributed by atoms with Crippen molar-refractivity contribution in [3.63, 3.8) is 0 Å². The van der Waals surface area contributed by atoms with E-state index in [2.05, 4.69) is 12.0 Å². The highest BCUT2D eigenvalue weighted by atomic mass is 16.1. The zero-order chi connectivity index (χ0) is 13.0. The van der Waals surface area contributed by atoms with Crippen molar-refractivity contribution in [2.24, 2.45) is 11.7 Å². The minimum Gasteiger partial charge on any atom is -0.327 e. The molecule has 4 heteroatoms. The second-order valence-corrected chi connectivity index (χ2v) is 5.21. The van der Waals surface area contributed by atoms with Gasteiger partial charge in [-0.15, -0.1) is 0 Å². The Hall–Kier alpha value is -1.16. The van der Waals surface area contributed by atoms with Crippen molar-refractivity contribution >= 4 is 5.78 Å². The van der Waals surface area contributed by atoms with E-state index in [0.717, 1.165) is 44.3 Å². The molecule has 18 heavy (non-hydrogen) atoms. The van der Waals surface area contributed by atoms with Crippen molar-refractivity contribution in [1.29, 1.82) is 0 Å². The molecule has 1 saturated carbocycles. The molecule has 1 heterocycles. The van der Waals surface area contributed by atoms with Gasteiger partial charge in [0.2, 0.25) is 0 Å². The van der Waals surface area contributed by atoms with Gasteiger partial charge in [-0.25, -0.2) is 0 Å². The van der Waals surface area contributed by atoms with Crippen LogP contribution in [0.3, 0.4) is 0 Å². The lowest BCUT2D eigenvalue weighted by Crippen LogP contribution is -2.35. The molecule has 2 rings (SSSR count). The van der Waals surface area contributed by atoms with Crippen molar-refractivity contribution in [3.05, 3.63) is 18.0 Å². The predicted molar refractivity (Wildman–Crippen MR) is 71.4 cm³/mol. The Morgan fingerprint density at radius 1 is 1.44 bits per heavy atom. The van der Waals surface area contributed by atoms with E-state index in [1.54, 1.807) is 6.20 Å². The number of hydrogen-bond acceptors (Lipinski definition) is 3. The summed E-state index contributed by atoms with van der Waals surface area (Å²) in [5.74, 6) is 0.176. The molecule has 4 nitrogen and oxygen atoms in total. The number of ketones is 1. The van der Waals surface area contributed by atoms with Gasteiger partial charge in [-0.05, 0) is 25.3 Å². The maximum absolute atomic E-state index is 12.6. The van der Waals surface area contributed by atoms with Gasteiger partial charge in [0.05, 0.1) is 0 Å². The molecule has 1 aromatic heterocycles. The number of carbonyl (C=O) groups is 1. The highest BCUT2D eigenvalue weighted by Gasteiger charge is 2.29. The summed E-state index contributed by atoms with van der Waals surface area (Å²) in [5.41, 5.74) is 6.89. The standard InChI is InChI=1S/C14H23N3O/c1-2-10-17-13(8-9-16-17)14(18)11-6-4-3-5-7-12(11)15/h8-9,11-12H,2-7,10,15H2,1H3. The van der Waals surface area contributed by atoms with Crippen molar-refractivity contribution in [3.8, 4) is 0 Å². The number of Topliss-reactive ketones (excluding diaryl/α,β-unsaturated/α-hetero) is 1. The Kier molecular flexibility index (Phi) is 4.53. The summed E-state index contributed by atoms with van der Waals surface area (Å²) < 4.78 is 1.82. The molecule has 1 aliphatic carbocycles. The van der Waals surface area contributed by atoms with E-state index in [9.17, 15) is 4.79 Å². The van der Waals surface area contributed by atoms with Crippen LogP contribution < -0.4 is 5.73 Å². The van der Waals surface area contributed by atoms with Gasteiger partial charge in [-0.2, -0.15) is 5.10 Å². The number of carbonyl (C=O) groups excluding carboxylic acids is 1. The Labute approximate surface area is 109 Å². The Balaban J connectivity index is 2.15. The Morgan fingerprint density at radius 3 is 3.00 bits per heavy atom. The van der Waals surface area contributed by atoms with Crippen molar-refractivity contribution in [1.82, 2.24) is 9.78 Å². The SMILES string of the molecule is CCCn1nccc1C(=O)C1CCCCCC1N. The average molecular weight is 249 g/mol. The summed E-state index contributed by atoms with van der Waals surface area (Å²) in [5, 5.41) is 4.23. The number of aryl methyl sites for hydroxylation is 1. The lowest BCUT2D eigenvalue weighted by molar-refractivity contribution is 0.0883. The molecule has 1 aromatic rings. The molecule has 2 atom stereocenters. The summed E-state index contributed by atoms with van der Waals surface area (Å²) >= 11 is 0. The van der Waals surface area contributed by atoms with Crippen LogP contribution in [0, 0.1) is 5.92 Å². The summed E-state index contributed by atoms with van der Waals surface area (Å²) in [6.45, 7) is 2.89. The predicted octanol–water partition coefficient (Wildman–Crippen LogP) is 2.38. The largest absolute Gasteiger partial charge is 0.327 e.